The SMILES string of the molecule is C[N+](C)(C)CCOC(=O)C1(O)c2ccccc2CCc2ncccc21.[I-]. The molecule has 0 saturated carbocycles. The van der Waals surface area contributed by atoms with E-state index >= 15 is 0 Å². The number of carbonyl (C=O) groups excluding carboxylic acids is 1. The second kappa shape index (κ2) is 8.02. The van der Waals surface area contributed by atoms with Crippen LogP contribution in [0.25, 0.3) is 0 Å². The number of aryl methyl sites for hydroxylation is 2. The fourth-order valence-corrected chi connectivity index (χ4v) is 3.19. The van der Waals surface area contributed by atoms with E-state index in [9.17, 15) is 9.90 Å². The monoisotopic (exact) mass is 468 g/mol. The molecule has 0 spiro atoms. The minimum Gasteiger partial charge on any atom is -1.00 e. The molecule has 1 unspecified atom stereocenters. The van der Waals surface area contributed by atoms with Crippen molar-refractivity contribution in [3.05, 3.63) is 65.0 Å². The lowest BCUT2D eigenvalue weighted by Crippen LogP contribution is -3.00. The summed E-state index contributed by atoms with van der Waals surface area (Å²) in [5.74, 6) is -0.635. The first kappa shape index (κ1) is 20.8. The minimum absolute atomic E-state index is 0. The number of halogens is 1. The third kappa shape index (κ3) is 4.07. The van der Waals surface area contributed by atoms with Gasteiger partial charge in [-0.25, -0.2) is 4.79 Å². The molecule has 0 radical (unpaired) electrons. The van der Waals surface area contributed by atoms with Crippen LogP contribution in [-0.4, -0.2) is 54.8 Å². The smallest absolute Gasteiger partial charge is 0.347 e. The van der Waals surface area contributed by atoms with Crippen molar-refractivity contribution in [2.75, 3.05) is 34.3 Å². The summed E-state index contributed by atoms with van der Waals surface area (Å²) in [6, 6.07) is 11.0. The molecule has 26 heavy (non-hydrogen) atoms. The molecule has 140 valence electrons. The molecule has 1 aromatic heterocycles. The Bertz CT molecular complexity index is 739. The number of carbonyl (C=O) groups is 1. The van der Waals surface area contributed by atoms with E-state index in [1.54, 1.807) is 24.4 Å². The quantitative estimate of drug-likeness (QED) is 0.344. The number of rotatable bonds is 4. The summed E-state index contributed by atoms with van der Waals surface area (Å²) >= 11 is 0. The second-order valence-corrected chi connectivity index (χ2v) is 7.52. The summed E-state index contributed by atoms with van der Waals surface area (Å²) in [6.45, 7) is 0.922. The van der Waals surface area contributed by atoms with Gasteiger partial charge in [0.15, 0.2) is 0 Å². The van der Waals surface area contributed by atoms with E-state index in [1.165, 1.54) is 0 Å². The van der Waals surface area contributed by atoms with Gasteiger partial charge in [0.25, 0.3) is 0 Å². The topological polar surface area (TPSA) is 59.4 Å². The summed E-state index contributed by atoms with van der Waals surface area (Å²) in [5, 5.41) is 11.5. The van der Waals surface area contributed by atoms with Gasteiger partial charge in [-0.3, -0.25) is 4.98 Å². The molecule has 0 fully saturated rings. The average molecular weight is 468 g/mol. The highest BCUT2D eigenvalue weighted by molar-refractivity contribution is 5.86. The lowest BCUT2D eigenvalue weighted by molar-refractivity contribution is -0.870. The van der Waals surface area contributed by atoms with Crippen molar-refractivity contribution in [2.45, 2.75) is 18.4 Å². The largest absolute Gasteiger partial charge is 1.00 e. The first-order valence-corrected chi connectivity index (χ1v) is 8.55. The number of hydrogen-bond acceptors (Lipinski definition) is 4. The van der Waals surface area contributed by atoms with Gasteiger partial charge in [-0.15, -0.1) is 0 Å². The molecule has 3 rings (SSSR count). The molecule has 0 amide bonds. The zero-order valence-electron chi connectivity index (χ0n) is 15.4. The van der Waals surface area contributed by atoms with E-state index in [2.05, 4.69) is 4.98 Å². The van der Waals surface area contributed by atoms with Crippen LogP contribution in [0.2, 0.25) is 0 Å². The van der Waals surface area contributed by atoms with Gasteiger partial charge < -0.3 is 38.3 Å². The highest BCUT2D eigenvalue weighted by Crippen LogP contribution is 2.38. The number of esters is 1. The Kier molecular flexibility index (Phi) is 6.42. The van der Waals surface area contributed by atoms with Gasteiger partial charge in [-0.2, -0.15) is 0 Å². The Morgan fingerprint density at radius 1 is 1.15 bits per heavy atom. The van der Waals surface area contributed by atoms with E-state index < -0.39 is 11.6 Å². The van der Waals surface area contributed by atoms with Crippen molar-refractivity contribution in [3.8, 4) is 0 Å². The molecule has 2 aromatic rings. The lowest BCUT2D eigenvalue weighted by atomic mass is 9.84. The standard InChI is InChI=1S/C20H25N2O3.HI/c1-22(2,3)13-14-25-19(23)20(24)16-8-5-4-7-15(16)10-11-18-17(20)9-6-12-21-18;/h4-9,12,24H,10-11,13-14H2,1-3H3;1H/q+1;/p-1. The number of likely N-dealkylation sites (N-methyl/N-ethyl adjacent to an activating group) is 1. The Balaban J connectivity index is 0.00000243. The van der Waals surface area contributed by atoms with Gasteiger partial charge in [0.05, 0.1) is 21.1 Å². The third-order valence-corrected chi connectivity index (χ3v) is 4.61. The Morgan fingerprint density at radius 3 is 2.58 bits per heavy atom. The second-order valence-electron chi connectivity index (χ2n) is 7.52. The van der Waals surface area contributed by atoms with Crippen LogP contribution in [0.1, 0.15) is 22.4 Å². The fourth-order valence-electron chi connectivity index (χ4n) is 3.19. The van der Waals surface area contributed by atoms with Gasteiger partial charge in [0.2, 0.25) is 5.60 Å². The molecule has 0 saturated heterocycles. The molecule has 0 bridgehead atoms. The molecule has 1 aliphatic rings. The highest BCUT2D eigenvalue weighted by Gasteiger charge is 2.46. The van der Waals surface area contributed by atoms with Gasteiger partial charge in [0.1, 0.15) is 13.2 Å². The molecular formula is C20H25IN2O3. The first-order chi connectivity index (χ1) is 11.8. The van der Waals surface area contributed by atoms with E-state index in [0.717, 1.165) is 17.7 Å². The van der Waals surface area contributed by atoms with Crippen molar-refractivity contribution < 1.29 is 43.1 Å². The summed E-state index contributed by atoms with van der Waals surface area (Å²) in [5.41, 5.74) is 0.991. The van der Waals surface area contributed by atoms with E-state index in [4.69, 9.17) is 4.74 Å². The van der Waals surface area contributed by atoms with E-state index in [-0.39, 0.29) is 30.6 Å². The fraction of sp³-hybridized carbons (Fsp3) is 0.400. The number of benzene rings is 1. The number of fused-ring (bicyclic) bond motifs is 2. The Hall–Kier alpha value is -1.51. The number of aromatic nitrogens is 1. The third-order valence-electron chi connectivity index (χ3n) is 4.61. The van der Waals surface area contributed by atoms with Crippen molar-refractivity contribution in [1.82, 2.24) is 4.98 Å². The van der Waals surface area contributed by atoms with Crippen molar-refractivity contribution >= 4 is 5.97 Å². The maximum absolute atomic E-state index is 13.0. The van der Waals surface area contributed by atoms with E-state index in [0.29, 0.717) is 28.6 Å². The molecule has 0 aliphatic heterocycles. The van der Waals surface area contributed by atoms with Crippen molar-refractivity contribution in [1.29, 1.82) is 0 Å². The molecule has 1 aromatic carbocycles. The number of ether oxygens (including phenoxy) is 1. The van der Waals surface area contributed by atoms with Crippen molar-refractivity contribution in [3.63, 3.8) is 0 Å². The van der Waals surface area contributed by atoms with Crippen LogP contribution in [0, 0.1) is 0 Å². The summed E-state index contributed by atoms with van der Waals surface area (Å²) in [7, 11) is 6.09. The number of hydrogen-bond donors (Lipinski definition) is 1. The predicted molar refractivity (Wildman–Crippen MR) is 94.9 cm³/mol. The van der Waals surface area contributed by atoms with E-state index in [1.807, 2.05) is 39.3 Å². The van der Waals surface area contributed by atoms with Crippen LogP contribution in [0.15, 0.2) is 42.6 Å². The molecular weight excluding hydrogens is 443 g/mol. The molecule has 1 aliphatic carbocycles. The molecule has 1 heterocycles. The lowest BCUT2D eigenvalue weighted by Gasteiger charge is -2.29. The van der Waals surface area contributed by atoms with Gasteiger partial charge in [0, 0.05) is 23.0 Å². The van der Waals surface area contributed by atoms with Crippen LogP contribution in [0.3, 0.4) is 0 Å². The first-order valence-electron chi connectivity index (χ1n) is 8.55. The van der Waals surface area contributed by atoms with Crippen LogP contribution in [0.5, 0.6) is 0 Å². The van der Waals surface area contributed by atoms with Gasteiger partial charge in [-0.05, 0) is 24.5 Å². The van der Waals surface area contributed by atoms with Crippen molar-refractivity contribution in [2.24, 2.45) is 0 Å². The maximum atomic E-state index is 13.0. The van der Waals surface area contributed by atoms with Crippen LogP contribution < -0.4 is 24.0 Å². The van der Waals surface area contributed by atoms with Crippen LogP contribution in [-0.2, 0) is 28.0 Å². The average Bonchev–Trinajstić information content (AvgIpc) is 2.70. The number of aliphatic hydroxyl groups is 1. The van der Waals surface area contributed by atoms with Gasteiger partial charge >= 0.3 is 5.97 Å². The molecule has 5 nitrogen and oxygen atoms in total. The zero-order chi connectivity index (χ0) is 18.1. The summed E-state index contributed by atoms with van der Waals surface area (Å²) in [6.07, 6.45) is 3.11. The number of pyridine rings is 1. The molecule has 1 N–H and O–H groups in total. The minimum atomic E-state index is -1.82. The summed E-state index contributed by atoms with van der Waals surface area (Å²) in [4.78, 5) is 17.4. The predicted octanol–water partition coefficient (Wildman–Crippen LogP) is -1.33. The maximum Gasteiger partial charge on any atom is 0.347 e. The van der Waals surface area contributed by atoms with Gasteiger partial charge in [-0.1, -0.05) is 30.3 Å². The Labute approximate surface area is 171 Å². The van der Waals surface area contributed by atoms with Crippen LogP contribution in [0.4, 0.5) is 0 Å². The normalized spacial score (nSPS) is 18.8. The number of quaternary nitrogens is 1. The zero-order valence-corrected chi connectivity index (χ0v) is 17.6. The Morgan fingerprint density at radius 2 is 1.85 bits per heavy atom. The molecule has 6 heteroatoms. The number of nitrogens with zero attached hydrogens (tertiary/aromatic N) is 2. The van der Waals surface area contributed by atoms with Crippen LogP contribution >= 0.6 is 0 Å². The highest BCUT2D eigenvalue weighted by atomic mass is 127. The molecule has 1 atom stereocenters. The summed E-state index contributed by atoms with van der Waals surface area (Å²) < 4.78 is 6.18.